The second-order valence-electron chi connectivity index (χ2n) is 1.71. The minimum atomic E-state index is 0.803. The van der Waals surface area contributed by atoms with Gasteiger partial charge >= 0.3 is 0 Å². The van der Waals surface area contributed by atoms with Gasteiger partial charge in [0.25, 0.3) is 0 Å². The summed E-state index contributed by atoms with van der Waals surface area (Å²) in [5, 5.41) is 1.52. The Kier molecular flexibility index (Phi) is 2.52. The van der Waals surface area contributed by atoms with E-state index >= 15 is 0 Å². The fraction of sp³-hybridized carbons (Fsp3) is 0.600. The molecule has 0 fully saturated rings. The predicted octanol–water partition coefficient (Wildman–Crippen LogP) is 2.65. The molecule has 1 aromatic heterocycles. The average molecular weight is 145 g/mol. The van der Waals surface area contributed by atoms with Gasteiger partial charge < -0.3 is 0 Å². The number of aromatic nitrogens is 1. The van der Waals surface area contributed by atoms with Crippen molar-refractivity contribution in [2.75, 3.05) is 0 Å². The summed E-state index contributed by atoms with van der Waals surface area (Å²) in [7, 11) is 2.26. The molecule has 1 aromatic rings. The molecule has 0 N–H and O–H groups in total. The molecule has 1 heterocycles. The zero-order valence-corrected chi connectivity index (χ0v) is 6.78. The second kappa shape index (κ2) is 3.22. The predicted molar refractivity (Wildman–Crippen MR) is 40.2 cm³/mol. The molecule has 8 heavy (non-hydrogen) atoms. The molecule has 1 rings (SSSR count). The maximum atomic E-state index is 4.14. The van der Waals surface area contributed by atoms with Crippen LogP contribution in [-0.4, -0.2) is 4.75 Å². The maximum Gasteiger partial charge on any atom is 0.0391 e. The molecule has 0 amide bonds. The van der Waals surface area contributed by atoms with Crippen LogP contribution in [0.2, 0.25) is 0 Å². The molecule has 0 saturated carbocycles. The molecule has 1 nitrogen and oxygen atoms in total. The van der Waals surface area contributed by atoms with E-state index in [1.54, 1.807) is 0 Å². The van der Waals surface area contributed by atoms with Crippen LogP contribution in [0.5, 0.6) is 0 Å². The van der Waals surface area contributed by atoms with Crippen molar-refractivity contribution >= 4 is 15.9 Å². The highest BCUT2D eigenvalue weighted by Crippen LogP contribution is 2.23. The summed E-state index contributed by atoms with van der Waals surface area (Å²) in [4.78, 5) is 0. The van der Waals surface area contributed by atoms with Crippen LogP contribution in [0.1, 0.15) is 18.6 Å². The minimum absolute atomic E-state index is 0.803. The fourth-order valence-corrected chi connectivity index (χ4v) is 2.80. The van der Waals surface area contributed by atoms with Gasteiger partial charge in [0.1, 0.15) is 0 Å². The minimum Gasteiger partial charge on any atom is -0.244 e. The van der Waals surface area contributed by atoms with Gasteiger partial charge in [0.05, 0.1) is 0 Å². The molecule has 3 heteroatoms. The van der Waals surface area contributed by atoms with Crippen LogP contribution >= 0.6 is 15.9 Å². The average Bonchev–Trinajstić information content (AvgIpc) is 2.19. The molecule has 0 radical (unpaired) electrons. The first-order chi connectivity index (χ1) is 3.93. The lowest BCUT2D eigenvalue weighted by atomic mass is 10.3. The van der Waals surface area contributed by atoms with Crippen molar-refractivity contribution < 1.29 is 0 Å². The van der Waals surface area contributed by atoms with Crippen LogP contribution in [0.25, 0.3) is 0 Å². The molecule has 0 aliphatic rings. The molecule has 0 spiro atoms. The number of hydrogen-bond donors (Lipinski definition) is 0. The van der Waals surface area contributed by atoms with Gasteiger partial charge in [0.15, 0.2) is 0 Å². The molecular formula is C5H9NP2. The Morgan fingerprint density at radius 1 is 1.88 bits per heavy atom. The first-order valence-electron chi connectivity index (χ1n) is 2.78. The van der Waals surface area contributed by atoms with E-state index in [2.05, 4.69) is 11.7 Å². The van der Waals surface area contributed by atoms with Gasteiger partial charge in [-0.3, -0.25) is 0 Å². The molecule has 0 aliphatic heterocycles. The third-order valence-corrected chi connectivity index (χ3v) is 3.45. The zero-order chi connectivity index (χ0) is 5.82. The Bertz CT molecular complexity index is 136. The summed E-state index contributed by atoms with van der Waals surface area (Å²) in [5.41, 5.74) is 0. The standard InChI is InChI=1S/C5H9NP2/c1-2-3-5-4-6-8-7-5/h4,8H,2-3H2,1H3. The Labute approximate surface area is 52.7 Å². The summed E-state index contributed by atoms with van der Waals surface area (Å²) in [5.74, 6) is 0. The van der Waals surface area contributed by atoms with Gasteiger partial charge in [0, 0.05) is 11.5 Å². The van der Waals surface area contributed by atoms with E-state index in [1.807, 2.05) is 6.20 Å². The Morgan fingerprint density at radius 3 is 3.25 bits per heavy atom. The zero-order valence-electron chi connectivity index (χ0n) is 4.89. The first kappa shape index (κ1) is 6.26. The van der Waals surface area contributed by atoms with Crippen LogP contribution < -0.4 is 0 Å². The Morgan fingerprint density at radius 2 is 2.75 bits per heavy atom. The van der Waals surface area contributed by atoms with Crippen molar-refractivity contribution in [3.05, 3.63) is 11.5 Å². The normalized spacial score (nSPS) is 11.6. The smallest absolute Gasteiger partial charge is 0.0391 e. The van der Waals surface area contributed by atoms with Gasteiger partial charge in [-0.25, -0.2) is 4.75 Å². The lowest BCUT2D eigenvalue weighted by molar-refractivity contribution is 0.937. The highest BCUT2D eigenvalue weighted by atomic mass is 31.8. The van der Waals surface area contributed by atoms with E-state index in [1.165, 1.54) is 26.0 Å². The van der Waals surface area contributed by atoms with Crippen molar-refractivity contribution in [1.29, 1.82) is 0 Å². The number of rotatable bonds is 2. The van der Waals surface area contributed by atoms with E-state index in [9.17, 15) is 0 Å². The van der Waals surface area contributed by atoms with Gasteiger partial charge in [-0.05, 0) is 22.3 Å². The Balaban J connectivity index is 2.50. The van der Waals surface area contributed by atoms with Crippen LogP contribution in [0.15, 0.2) is 6.20 Å². The monoisotopic (exact) mass is 145 g/mol. The Hall–Kier alpha value is 0.140. The maximum absolute atomic E-state index is 4.14. The number of nitrogens with zero attached hydrogens (tertiary/aromatic N) is 1. The summed E-state index contributed by atoms with van der Waals surface area (Å²) in [6.45, 7) is 2.21. The van der Waals surface area contributed by atoms with Gasteiger partial charge in [0.2, 0.25) is 0 Å². The third kappa shape index (κ3) is 1.58. The molecule has 0 bridgehead atoms. The molecule has 44 valence electrons. The molecule has 1 unspecified atom stereocenters. The third-order valence-electron chi connectivity index (χ3n) is 0.971. The van der Waals surface area contributed by atoms with Crippen molar-refractivity contribution in [2.45, 2.75) is 19.8 Å². The molecule has 1 atom stereocenters. The van der Waals surface area contributed by atoms with Crippen LogP contribution in [0, 0.1) is 0 Å². The van der Waals surface area contributed by atoms with E-state index in [0.29, 0.717) is 0 Å². The van der Waals surface area contributed by atoms with Crippen molar-refractivity contribution in [1.82, 2.24) is 4.75 Å². The van der Waals surface area contributed by atoms with Gasteiger partial charge in [-0.1, -0.05) is 13.3 Å². The lowest BCUT2D eigenvalue weighted by Crippen LogP contribution is -1.71. The van der Waals surface area contributed by atoms with Crippen molar-refractivity contribution in [3.8, 4) is 0 Å². The summed E-state index contributed by atoms with van der Waals surface area (Å²) >= 11 is 0. The first-order valence-corrected chi connectivity index (χ1v) is 5.46. The summed E-state index contributed by atoms with van der Waals surface area (Å²) in [6.07, 6.45) is 4.54. The molecule has 0 saturated heterocycles. The van der Waals surface area contributed by atoms with Crippen molar-refractivity contribution in [2.24, 2.45) is 0 Å². The highest BCUT2D eigenvalue weighted by Gasteiger charge is 1.88. The number of aryl methyl sites for hydroxylation is 1. The lowest BCUT2D eigenvalue weighted by Gasteiger charge is -1.84. The summed E-state index contributed by atoms with van der Waals surface area (Å²) < 4.78 is 4.14. The van der Waals surface area contributed by atoms with E-state index in [4.69, 9.17) is 0 Å². The SMILES string of the molecule is CCCc1cn[pH]p1. The van der Waals surface area contributed by atoms with Crippen LogP contribution in [0.3, 0.4) is 0 Å². The molecular weight excluding hydrogens is 136 g/mol. The van der Waals surface area contributed by atoms with Crippen molar-refractivity contribution in [3.63, 3.8) is 0 Å². The number of hydrogen-bond acceptors (Lipinski definition) is 1. The van der Waals surface area contributed by atoms with E-state index in [0.717, 1.165) is 8.03 Å². The van der Waals surface area contributed by atoms with Gasteiger partial charge in [-0.2, -0.15) is 0 Å². The molecule has 0 aliphatic carbocycles. The van der Waals surface area contributed by atoms with Gasteiger partial charge in [-0.15, -0.1) is 0 Å². The molecule has 0 aromatic carbocycles. The second-order valence-corrected chi connectivity index (χ2v) is 4.24. The van der Waals surface area contributed by atoms with Crippen LogP contribution in [-0.2, 0) is 6.42 Å². The fourth-order valence-electron chi connectivity index (χ4n) is 0.602. The topological polar surface area (TPSA) is 12.9 Å². The van der Waals surface area contributed by atoms with E-state index < -0.39 is 0 Å². The highest BCUT2D eigenvalue weighted by molar-refractivity contribution is 7.88. The summed E-state index contributed by atoms with van der Waals surface area (Å²) in [6, 6.07) is 0. The van der Waals surface area contributed by atoms with Crippen LogP contribution in [0.4, 0.5) is 0 Å². The largest absolute Gasteiger partial charge is 0.244 e. The van der Waals surface area contributed by atoms with E-state index in [-0.39, 0.29) is 0 Å². The quantitative estimate of drug-likeness (QED) is 0.623.